The number of hydrogen-bond acceptors (Lipinski definition) is 5. The van der Waals surface area contributed by atoms with Crippen LogP contribution in [0.1, 0.15) is 60.8 Å². The van der Waals surface area contributed by atoms with Gasteiger partial charge in [-0.15, -0.1) is 0 Å². The van der Waals surface area contributed by atoms with Gasteiger partial charge in [-0.25, -0.2) is 0 Å². The smallest absolute Gasteiger partial charge is 0.0558 e. The van der Waals surface area contributed by atoms with E-state index in [9.17, 15) is 5.11 Å². The first-order valence-corrected chi connectivity index (χ1v) is 19.1. The summed E-state index contributed by atoms with van der Waals surface area (Å²) in [6.07, 6.45) is 12.4. The average molecular weight is 657 g/mol. The molecule has 4 aromatic carbocycles. The molecule has 2 unspecified atom stereocenters. The predicted molar refractivity (Wildman–Crippen MR) is 205 cm³/mol. The summed E-state index contributed by atoms with van der Waals surface area (Å²) in [6, 6.07) is 42.1. The Balaban J connectivity index is 0.000000155. The van der Waals surface area contributed by atoms with Gasteiger partial charge in [0.2, 0.25) is 0 Å². The van der Waals surface area contributed by atoms with Gasteiger partial charge < -0.3 is 20.2 Å². The minimum Gasteiger partial charge on any atom is -0.395 e. The Kier molecular flexibility index (Phi) is 11.6. The van der Waals surface area contributed by atoms with E-state index in [1.807, 2.05) is 0 Å². The van der Waals surface area contributed by atoms with Crippen LogP contribution in [0.2, 0.25) is 0 Å². The lowest BCUT2D eigenvalue weighted by molar-refractivity contribution is 0.118. The summed E-state index contributed by atoms with van der Waals surface area (Å²) in [7, 11) is 0. The van der Waals surface area contributed by atoms with Crippen molar-refractivity contribution in [3.8, 4) is 0 Å². The number of rotatable bonds is 10. The lowest BCUT2D eigenvalue weighted by Crippen LogP contribution is -2.50. The zero-order chi connectivity index (χ0) is 33.3. The molecule has 2 saturated heterocycles. The van der Waals surface area contributed by atoms with Crippen molar-refractivity contribution in [2.45, 2.75) is 88.4 Å². The van der Waals surface area contributed by atoms with Gasteiger partial charge in [-0.1, -0.05) is 97.8 Å². The maximum atomic E-state index is 9.46. The van der Waals surface area contributed by atoms with E-state index >= 15 is 0 Å². The van der Waals surface area contributed by atoms with Gasteiger partial charge in [0.05, 0.1) is 6.61 Å². The van der Waals surface area contributed by atoms with Gasteiger partial charge in [0.25, 0.3) is 0 Å². The molecule has 5 nitrogen and oxygen atoms in total. The Morgan fingerprint density at radius 1 is 0.571 bits per heavy atom. The van der Waals surface area contributed by atoms with Crippen LogP contribution in [-0.2, 0) is 25.7 Å². The monoisotopic (exact) mass is 656 g/mol. The molecule has 49 heavy (non-hydrogen) atoms. The molecule has 0 spiro atoms. The molecule has 4 aromatic rings. The van der Waals surface area contributed by atoms with E-state index in [1.165, 1.54) is 91.5 Å². The molecule has 5 heteroatoms. The molecule has 0 aromatic heterocycles. The second kappa shape index (κ2) is 16.8. The number of benzene rings is 4. The highest BCUT2D eigenvalue weighted by Gasteiger charge is 2.32. The molecular weight excluding hydrogens is 601 g/mol. The third kappa shape index (κ3) is 8.57. The van der Waals surface area contributed by atoms with Gasteiger partial charge in [-0.3, -0.25) is 4.90 Å². The molecule has 4 aliphatic rings. The third-order valence-corrected chi connectivity index (χ3v) is 11.5. The highest BCUT2D eigenvalue weighted by Crippen LogP contribution is 2.32. The summed E-state index contributed by atoms with van der Waals surface area (Å²) in [5, 5.41) is 13.2. The summed E-state index contributed by atoms with van der Waals surface area (Å²) >= 11 is 0. The average Bonchev–Trinajstić information content (AvgIpc) is 3.80. The number of nitrogens with one attached hydrogen (secondary N) is 1. The molecule has 2 atom stereocenters. The Bertz CT molecular complexity index is 1520. The maximum absolute atomic E-state index is 9.46. The summed E-state index contributed by atoms with van der Waals surface area (Å²) in [4.78, 5) is 7.80. The topological polar surface area (TPSA) is 42.0 Å². The molecule has 258 valence electrons. The van der Waals surface area contributed by atoms with Crippen LogP contribution in [0.4, 0.5) is 11.4 Å². The van der Waals surface area contributed by atoms with Gasteiger partial charge >= 0.3 is 0 Å². The van der Waals surface area contributed by atoms with E-state index in [1.54, 1.807) is 0 Å². The fourth-order valence-corrected chi connectivity index (χ4v) is 8.92. The number of likely N-dealkylation sites (tertiary alicyclic amines) is 1. The van der Waals surface area contributed by atoms with Crippen molar-refractivity contribution < 1.29 is 5.11 Å². The number of aliphatic hydroxyl groups excluding tert-OH is 1. The lowest BCUT2D eigenvalue weighted by Gasteiger charge is -2.41. The minimum atomic E-state index is 0.261. The van der Waals surface area contributed by atoms with Crippen LogP contribution in [0.5, 0.6) is 0 Å². The van der Waals surface area contributed by atoms with Crippen LogP contribution in [0, 0.1) is 0 Å². The van der Waals surface area contributed by atoms with Crippen molar-refractivity contribution in [1.82, 2.24) is 10.2 Å². The van der Waals surface area contributed by atoms with E-state index < -0.39 is 0 Å². The van der Waals surface area contributed by atoms with Gasteiger partial charge in [0.1, 0.15) is 0 Å². The van der Waals surface area contributed by atoms with Gasteiger partial charge in [0.15, 0.2) is 0 Å². The molecule has 0 saturated carbocycles. The first-order chi connectivity index (χ1) is 24.2. The normalized spacial score (nSPS) is 21.0. The first-order valence-electron chi connectivity index (χ1n) is 19.1. The molecule has 0 radical (unpaired) electrons. The van der Waals surface area contributed by atoms with E-state index in [0.717, 1.165) is 39.0 Å². The Morgan fingerprint density at radius 2 is 1.06 bits per heavy atom. The number of para-hydroxylation sites is 2. The molecule has 2 fully saturated rings. The van der Waals surface area contributed by atoms with E-state index in [4.69, 9.17) is 0 Å². The zero-order valence-electron chi connectivity index (χ0n) is 29.3. The van der Waals surface area contributed by atoms with Crippen molar-refractivity contribution in [1.29, 1.82) is 0 Å². The van der Waals surface area contributed by atoms with Crippen molar-refractivity contribution >= 4 is 11.4 Å². The SMILES string of the molecule is OCCN1CCCCC1CN(c1ccccc1)C1Cc2ccccc2C1.c1ccc(N(CC2CCCCN2)C2Cc3ccccc3C2)cc1. The molecule has 2 aliphatic heterocycles. The largest absolute Gasteiger partial charge is 0.395 e. The van der Waals surface area contributed by atoms with Gasteiger partial charge in [0, 0.05) is 55.2 Å². The molecule has 2 heterocycles. The van der Waals surface area contributed by atoms with Gasteiger partial charge in [-0.05, 0) is 111 Å². The zero-order valence-corrected chi connectivity index (χ0v) is 29.3. The summed E-state index contributed by atoms with van der Waals surface area (Å²) < 4.78 is 0. The molecule has 8 rings (SSSR count). The number of piperidine rings is 2. The van der Waals surface area contributed by atoms with Crippen LogP contribution < -0.4 is 15.1 Å². The van der Waals surface area contributed by atoms with Crippen molar-refractivity contribution in [3.05, 3.63) is 131 Å². The number of β-amino-alcohol motifs (C(OH)–C–C–N with tert-alkyl or cyclic N) is 1. The second-order valence-electron chi connectivity index (χ2n) is 14.7. The van der Waals surface area contributed by atoms with E-state index in [-0.39, 0.29) is 6.61 Å². The number of fused-ring (bicyclic) bond motifs is 2. The van der Waals surface area contributed by atoms with Gasteiger partial charge in [-0.2, -0.15) is 0 Å². The standard InChI is InChI=1S/C23H30N2O.C21H26N2/c26-15-14-24-13-7-6-12-22(24)18-25(21-10-2-1-3-11-21)23-16-19-8-4-5-9-20(19)17-23;1-2-11-20(12-3-1)23(16-19-10-6-7-13-22-19)21-14-17-8-4-5-9-18(17)15-21/h1-5,8-11,22-23,26H,6-7,12-18H2;1-5,8-9,11-12,19,21-22H,6-7,10,13-16H2. The van der Waals surface area contributed by atoms with E-state index in [0.29, 0.717) is 24.2 Å². The number of aliphatic hydroxyl groups is 1. The van der Waals surface area contributed by atoms with Crippen molar-refractivity contribution in [2.75, 3.05) is 49.1 Å². The van der Waals surface area contributed by atoms with Crippen LogP contribution in [0.25, 0.3) is 0 Å². The number of nitrogens with zero attached hydrogens (tertiary/aromatic N) is 3. The highest BCUT2D eigenvalue weighted by molar-refractivity contribution is 5.51. The van der Waals surface area contributed by atoms with Crippen LogP contribution >= 0.6 is 0 Å². The van der Waals surface area contributed by atoms with Crippen molar-refractivity contribution in [3.63, 3.8) is 0 Å². The Labute approximate surface area is 295 Å². The Morgan fingerprint density at radius 3 is 1.55 bits per heavy atom. The molecule has 0 bridgehead atoms. The molecule has 2 N–H and O–H groups in total. The fraction of sp³-hybridized carbons (Fsp3) is 0.455. The predicted octanol–water partition coefficient (Wildman–Crippen LogP) is 7.31. The number of anilines is 2. The first kappa shape index (κ1) is 33.8. The van der Waals surface area contributed by atoms with Crippen molar-refractivity contribution in [2.24, 2.45) is 0 Å². The number of hydrogen-bond donors (Lipinski definition) is 2. The van der Waals surface area contributed by atoms with Crippen LogP contribution in [-0.4, -0.2) is 73.5 Å². The minimum absolute atomic E-state index is 0.261. The second-order valence-corrected chi connectivity index (χ2v) is 14.7. The molecule has 0 amide bonds. The quantitative estimate of drug-likeness (QED) is 0.188. The summed E-state index contributed by atoms with van der Waals surface area (Å²) in [5.41, 5.74) is 8.80. The fourth-order valence-electron chi connectivity index (χ4n) is 8.92. The molecule has 2 aliphatic carbocycles. The van der Waals surface area contributed by atoms with E-state index in [2.05, 4.69) is 129 Å². The third-order valence-electron chi connectivity index (χ3n) is 11.5. The lowest BCUT2D eigenvalue weighted by atomic mass is 10.00. The summed E-state index contributed by atoms with van der Waals surface area (Å²) in [6.45, 7) is 5.55. The summed E-state index contributed by atoms with van der Waals surface area (Å²) in [5.74, 6) is 0. The molecular formula is C44H56N4O. The van der Waals surface area contributed by atoms with Crippen LogP contribution in [0.15, 0.2) is 109 Å². The van der Waals surface area contributed by atoms with Crippen LogP contribution in [0.3, 0.4) is 0 Å². The highest BCUT2D eigenvalue weighted by atomic mass is 16.3. The Hall–Kier alpha value is -3.64. The maximum Gasteiger partial charge on any atom is 0.0558 e.